The Bertz CT molecular complexity index is 1260. The molecule has 2 aromatic heterocycles. The minimum absolute atomic E-state index is 0.0364. The number of benzene rings is 1. The minimum Gasteiger partial charge on any atom is -0.383 e. The first-order chi connectivity index (χ1) is 16.3. The van der Waals surface area contributed by atoms with E-state index in [1.54, 1.807) is 23.3 Å². The third-order valence-corrected chi connectivity index (χ3v) is 8.03. The number of nitrogens with one attached hydrogen (secondary N) is 1. The van der Waals surface area contributed by atoms with Gasteiger partial charge in [-0.05, 0) is 55.0 Å². The molecule has 3 atom stereocenters. The summed E-state index contributed by atoms with van der Waals surface area (Å²) in [5.74, 6) is -0.313. The van der Waals surface area contributed by atoms with Gasteiger partial charge in [0.2, 0.25) is 0 Å². The fraction of sp³-hybridized carbons (Fsp3) is 0.440. The lowest BCUT2D eigenvalue weighted by atomic mass is 9.77. The number of methoxy groups -OCH3 is 1. The fourth-order valence-corrected chi connectivity index (χ4v) is 5.65. The highest BCUT2D eigenvalue weighted by atomic mass is 32.1. The van der Waals surface area contributed by atoms with Crippen LogP contribution < -0.4 is 11.1 Å². The molecule has 1 aliphatic carbocycles. The molecule has 3 N–H and O–H groups in total. The summed E-state index contributed by atoms with van der Waals surface area (Å²) < 4.78 is 6.84. The Hall–Kier alpha value is -3.04. The van der Waals surface area contributed by atoms with Gasteiger partial charge in [0.15, 0.2) is 0 Å². The van der Waals surface area contributed by atoms with E-state index in [0.717, 1.165) is 34.2 Å². The van der Waals surface area contributed by atoms with Gasteiger partial charge in [0.05, 0.1) is 39.3 Å². The van der Waals surface area contributed by atoms with Gasteiger partial charge in [-0.3, -0.25) is 9.59 Å². The van der Waals surface area contributed by atoms with Crippen LogP contribution in [0.2, 0.25) is 0 Å². The summed E-state index contributed by atoms with van der Waals surface area (Å²) in [6.45, 7) is 4.45. The number of piperidine rings is 1. The van der Waals surface area contributed by atoms with Crippen LogP contribution in [-0.2, 0) is 19.9 Å². The average molecular weight is 480 g/mol. The Morgan fingerprint density at radius 2 is 2.06 bits per heavy atom. The number of hydrogen-bond donors (Lipinski definition) is 2. The third-order valence-electron chi connectivity index (χ3n) is 7.22. The van der Waals surface area contributed by atoms with E-state index in [4.69, 9.17) is 10.5 Å². The third kappa shape index (κ3) is 4.03. The molecule has 3 aromatic rings. The zero-order chi connectivity index (χ0) is 24.0. The highest BCUT2D eigenvalue weighted by Crippen LogP contribution is 2.43. The lowest BCUT2D eigenvalue weighted by Crippen LogP contribution is -2.59. The van der Waals surface area contributed by atoms with Crippen LogP contribution in [0.1, 0.15) is 50.2 Å². The Kier molecular flexibility index (Phi) is 5.77. The van der Waals surface area contributed by atoms with Gasteiger partial charge >= 0.3 is 11.8 Å². The monoisotopic (exact) mass is 479 g/mol. The number of ether oxygens (including phenoxy) is 1. The number of nitrogen functional groups attached to an aromatic ring is 1. The normalized spacial score (nSPS) is 24.9. The highest BCUT2D eigenvalue weighted by Gasteiger charge is 2.47. The molecule has 0 bridgehead atoms. The summed E-state index contributed by atoms with van der Waals surface area (Å²) in [6, 6.07) is 7.89. The molecule has 2 aliphatic rings. The molecular weight excluding hydrogens is 450 g/mol. The second-order valence-corrected chi connectivity index (χ2v) is 10.5. The summed E-state index contributed by atoms with van der Waals surface area (Å²) >= 11 is 1.57. The van der Waals surface area contributed by atoms with Crippen LogP contribution in [0.3, 0.4) is 0 Å². The van der Waals surface area contributed by atoms with Gasteiger partial charge in [-0.2, -0.15) is 0 Å². The lowest BCUT2D eigenvalue weighted by Gasteiger charge is -2.49. The van der Waals surface area contributed by atoms with E-state index in [-0.39, 0.29) is 12.0 Å². The van der Waals surface area contributed by atoms with Crippen molar-refractivity contribution in [1.29, 1.82) is 0 Å². The number of thiazole rings is 1. The Balaban J connectivity index is 1.44. The Morgan fingerprint density at radius 1 is 1.26 bits per heavy atom. The standard InChI is InChI=1S/C25H29N5O3S/c1-14-12-30(24(32)23(31)29-17-9-18(15-4-5-15)22(26)27-11-17)25(2,10-20(14)33-3)16-6-7-21-19(8-16)28-13-34-21/h6-9,11,13-15,20H,4-5,10,12H2,1-3H3,(H2,26,27)(H,29,31)/t14-,20+,25+/m1/s1. The molecule has 5 rings (SSSR count). The summed E-state index contributed by atoms with van der Waals surface area (Å²) in [6.07, 6.45) is 4.17. The topological polar surface area (TPSA) is 110 Å². The molecule has 8 nitrogen and oxygen atoms in total. The maximum atomic E-state index is 13.6. The van der Waals surface area contributed by atoms with Gasteiger partial charge < -0.3 is 20.7 Å². The smallest absolute Gasteiger partial charge is 0.313 e. The molecule has 0 spiro atoms. The number of carbonyl (C=O) groups is 2. The lowest BCUT2D eigenvalue weighted by molar-refractivity contribution is -0.155. The van der Waals surface area contributed by atoms with Gasteiger partial charge in [-0.1, -0.05) is 13.0 Å². The SMILES string of the molecule is CO[C@H]1C[C@@](C)(c2ccc3scnc3c2)N(C(=O)C(=O)Nc2cnc(N)c(C3CC3)c2)C[C@H]1C. The number of nitrogens with two attached hydrogens (primary N) is 1. The van der Waals surface area contributed by atoms with E-state index in [0.29, 0.717) is 30.4 Å². The van der Waals surface area contributed by atoms with Crippen molar-refractivity contribution in [2.75, 3.05) is 24.7 Å². The predicted molar refractivity (Wildman–Crippen MR) is 133 cm³/mol. The van der Waals surface area contributed by atoms with Crippen molar-refractivity contribution in [3.63, 3.8) is 0 Å². The second-order valence-electron chi connectivity index (χ2n) is 9.61. The van der Waals surface area contributed by atoms with Crippen LogP contribution in [0, 0.1) is 5.92 Å². The second kappa shape index (κ2) is 8.63. The van der Waals surface area contributed by atoms with E-state index in [9.17, 15) is 9.59 Å². The van der Waals surface area contributed by atoms with E-state index >= 15 is 0 Å². The van der Waals surface area contributed by atoms with Crippen LogP contribution in [0.25, 0.3) is 10.2 Å². The van der Waals surface area contributed by atoms with Crippen molar-refractivity contribution < 1.29 is 14.3 Å². The van der Waals surface area contributed by atoms with Crippen LogP contribution in [-0.4, -0.2) is 46.4 Å². The summed E-state index contributed by atoms with van der Waals surface area (Å²) in [5, 5.41) is 2.75. The number of nitrogens with zero attached hydrogens (tertiary/aromatic N) is 3. The van der Waals surface area contributed by atoms with E-state index in [1.807, 2.05) is 43.6 Å². The maximum Gasteiger partial charge on any atom is 0.313 e. The van der Waals surface area contributed by atoms with Crippen LogP contribution >= 0.6 is 11.3 Å². The van der Waals surface area contributed by atoms with Gasteiger partial charge in [0, 0.05) is 26.0 Å². The van der Waals surface area contributed by atoms with Crippen molar-refractivity contribution in [2.24, 2.45) is 5.92 Å². The molecule has 0 radical (unpaired) electrons. The number of rotatable bonds is 4. The van der Waals surface area contributed by atoms with Gasteiger partial charge in [-0.15, -0.1) is 11.3 Å². The minimum atomic E-state index is -0.724. The van der Waals surface area contributed by atoms with E-state index < -0.39 is 17.4 Å². The van der Waals surface area contributed by atoms with Crippen LogP contribution in [0.15, 0.2) is 36.0 Å². The molecule has 2 fully saturated rings. The molecule has 34 heavy (non-hydrogen) atoms. The number of carbonyl (C=O) groups excluding carboxylic acids is 2. The molecule has 1 aliphatic heterocycles. The van der Waals surface area contributed by atoms with Crippen molar-refractivity contribution in [3.05, 3.63) is 47.1 Å². The van der Waals surface area contributed by atoms with Crippen LogP contribution in [0.4, 0.5) is 11.5 Å². The number of pyridine rings is 1. The number of anilines is 2. The fourth-order valence-electron chi connectivity index (χ4n) is 4.99. The van der Waals surface area contributed by atoms with Crippen molar-refractivity contribution in [3.8, 4) is 0 Å². The summed E-state index contributed by atoms with van der Waals surface area (Å²) in [5.41, 5.74) is 10.3. The molecule has 1 aromatic carbocycles. The van der Waals surface area contributed by atoms with E-state index in [2.05, 4.69) is 15.3 Å². The van der Waals surface area contributed by atoms with Crippen molar-refractivity contribution >= 4 is 44.9 Å². The van der Waals surface area contributed by atoms with Crippen LogP contribution in [0.5, 0.6) is 0 Å². The zero-order valence-electron chi connectivity index (χ0n) is 19.6. The number of likely N-dealkylation sites (tertiary alicyclic amines) is 1. The molecule has 0 unspecified atom stereocenters. The molecule has 2 amide bonds. The van der Waals surface area contributed by atoms with Crippen molar-refractivity contribution in [2.45, 2.75) is 50.7 Å². The summed E-state index contributed by atoms with van der Waals surface area (Å²) in [4.78, 5) is 37.0. The van der Waals surface area contributed by atoms with Gasteiger partial charge in [0.1, 0.15) is 5.82 Å². The zero-order valence-corrected chi connectivity index (χ0v) is 20.4. The number of amides is 2. The maximum absolute atomic E-state index is 13.6. The predicted octanol–water partition coefficient (Wildman–Crippen LogP) is 3.89. The quantitative estimate of drug-likeness (QED) is 0.550. The Morgan fingerprint density at radius 3 is 2.79 bits per heavy atom. The first kappa shape index (κ1) is 22.7. The molecule has 1 saturated heterocycles. The van der Waals surface area contributed by atoms with E-state index in [1.165, 1.54) is 6.20 Å². The summed E-state index contributed by atoms with van der Waals surface area (Å²) in [7, 11) is 1.70. The first-order valence-electron chi connectivity index (χ1n) is 11.5. The van der Waals surface area contributed by atoms with Gasteiger partial charge in [-0.25, -0.2) is 9.97 Å². The average Bonchev–Trinajstić information content (AvgIpc) is 3.57. The molecular formula is C25H29N5O3S. The number of hydrogen-bond acceptors (Lipinski definition) is 7. The largest absolute Gasteiger partial charge is 0.383 e. The Labute approximate surface area is 202 Å². The molecule has 1 saturated carbocycles. The molecule has 3 heterocycles. The number of fused-ring (bicyclic) bond motifs is 1. The molecule has 178 valence electrons. The molecule has 9 heteroatoms. The number of aromatic nitrogens is 2. The van der Waals surface area contributed by atoms with Crippen molar-refractivity contribution in [1.82, 2.24) is 14.9 Å². The first-order valence-corrected chi connectivity index (χ1v) is 12.4. The van der Waals surface area contributed by atoms with Gasteiger partial charge in [0.25, 0.3) is 0 Å². The highest BCUT2D eigenvalue weighted by molar-refractivity contribution is 7.16.